The molecule has 1 saturated heterocycles. The molecule has 1 aliphatic heterocycles. The summed E-state index contributed by atoms with van der Waals surface area (Å²) >= 11 is 1.65. The third-order valence-electron chi connectivity index (χ3n) is 5.38. The molecule has 0 radical (unpaired) electrons. The van der Waals surface area contributed by atoms with Gasteiger partial charge in [0.05, 0.1) is 20.5 Å². The summed E-state index contributed by atoms with van der Waals surface area (Å²) in [4.78, 5) is 15.5. The van der Waals surface area contributed by atoms with Gasteiger partial charge in [-0.1, -0.05) is 18.2 Å². The van der Waals surface area contributed by atoms with Crippen LogP contribution >= 0.6 is 11.3 Å². The smallest absolute Gasteiger partial charge is 0.175 e. The molecule has 1 aromatic carbocycles. The summed E-state index contributed by atoms with van der Waals surface area (Å²) in [5.74, 6) is 1.04. The molecule has 3 heterocycles. The van der Waals surface area contributed by atoms with Gasteiger partial charge in [0.15, 0.2) is 9.84 Å². The highest BCUT2D eigenvalue weighted by atomic mass is 32.2. The number of aryl methyl sites for hydroxylation is 1. The molecule has 0 unspecified atom stereocenters. The Morgan fingerprint density at radius 3 is 2.33 bits per heavy atom. The molecule has 0 bridgehead atoms. The first kappa shape index (κ1) is 21.0. The van der Waals surface area contributed by atoms with Crippen molar-refractivity contribution in [1.82, 2.24) is 14.9 Å². The fraction of sp³-hybridized carbons (Fsp3) is 0.364. The maximum absolute atomic E-state index is 11.7. The lowest BCUT2D eigenvalue weighted by Crippen LogP contribution is -2.44. The number of aromatic nitrogens is 2. The summed E-state index contributed by atoms with van der Waals surface area (Å²) < 4.78 is 23.3. The van der Waals surface area contributed by atoms with Crippen LogP contribution in [0.25, 0.3) is 10.4 Å². The van der Waals surface area contributed by atoms with E-state index in [2.05, 4.69) is 34.0 Å². The summed E-state index contributed by atoms with van der Waals surface area (Å²) in [6.07, 6.45) is 3.91. The van der Waals surface area contributed by atoms with E-state index in [9.17, 15) is 8.42 Å². The monoisotopic (exact) mass is 442 g/mol. The SMILES string of the molecule is Cc1nc(Cc2ccc(N3CCN(C)CC3)nc2)sc1-c1ccc(S(C)(=O)=O)cc1. The number of hydrogen-bond acceptors (Lipinski definition) is 7. The Balaban J connectivity index is 1.47. The number of anilines is 1. The molecule has 0 saturated carbocycles. The van der Waals surface area contributed by atoms with Crippen LogP contribution in [0.15, 0.2) is 47.5 Å². The van der Waals surface area contributed by atoms with Crippen molar-refractivity contribution >= 4 is 27.0 Å². The molecule has 0 N–H and O–H groups in total. The van der Waals surface area contributed by atoms with Gasteiger partial charge in [-0.25, -0.2) is 18.4 Å². The van der Waals surface area contributed by atoms with E-state index in [4.69, 9.17) is 4.98 Å². The van der Waals surface area contributed by atoms with Gasteiger partial charge < -0.3 is 9.80 Å². The quantitative estimate of drug-likeness (QED) is 0.604. The van der Waals surface area contributed by atoms with E-state index in [0.29, 0.717) is 4.90 Å². The van der Waals surface area contributed by atoms with E-state index in [1.807, 2.05) is 25.3 Å². The highest BCUT2D eigenvalue weighted by molar-refractivity contribution is 7.90. The minimum absolute atomic E-state index is 0.333. The largest absolute Gasteiger partial charge is 0.354 e. The van der Waals surface area contributed by atoms with Crippen LogP contribution in [0.3, 0.4) is 0 Å². The summed E-state index contributed by atoms with van der Waals surface area (Å²) in [6, 6.07) is 11.3. The number of piperazine rings is 1. The normalized spacial score (nSPS) is 15.5. The number of benzene rings is 1. The number of likely N-dealkylation sites (N-methyl/N-ethyl adjacent to an activating group) is 1. The molecule has 158 valence electrons. The van der Waals surface area contributed by atoms with Crippen molar-refractivity contribution in [1.29, 1.82) is 0 Å². The van der Waals surface area contributed by atoms with Crippen LogP contribution < -0.4 is 4.90 Å². The summed E-state index contributed by atoms with van der Waals surface area (Å²) in [6.45, 7) is 6.14. The molecule has 0 spiro atoms. The first-order chi connectivity index (χ1) is 14.3. The van der Waals surface area contributed by atoms with Gasteiger partial charge in [0.25, 0.3) is 0 Å². The van der Waals surface area contributed by atoms with E-state index in [0.717, 1.165) is 65.1 Å². The van der Waals surface area contributed by atoms with E-state index >= 15 is 0 Å². The van der Waals surface area contributed by atoms with Crippen molar-refractivity contribution in [3.63, 3.8) is 0 Å². The van der Waals surface area contributed by atoms with Gasteiger partial charge in [-0.3, -0.25) is 0 Å². The van der Waals surface area contributed by atoms with Gasteiger partial charge in [0, 0.05) is 45.1 Å². The minimum Gasteiger partial charge on any atom is -0.354 e. The molecule has 30 heavy (non-hydrogen) atoms. The van der Waals surface area contributed by atoms with Gasteiger partial charge >= 0.3 is 0 Å². The zero-order chi connectivity index (χ0) is 21.3. The van der Waals surface area contributed by atoms with Crippen molar-refractivity contribution in [2.45, 2.75) is 18.2 Å². The number of rotatable bonds is 5. The zero-order valence-electron chi connectivity index (χ0n) is 17.5. The van der Waals surface area contributed by atoms with Gasteiger partial charge in [-0.05, 0) is 43.3 Å². The molecule has 2 aromatic heterocycles. The Hall–Kier alpha value is -2.29. The topological polar surface area (TPSA) is 66.4 Å². The van der Waals surface area contributed by atoms with Gasteiger partial charge in [0.2, 0.25) is 0 Å². The number of thiazole rings is 1. The molecule has 8 heteroatoms. The van der Waals surface area contributed by atoms with Crippen LogP contribution in [0.4, 0.5) is 5.82 Å². The van der Waals surface area contributed by atoms with Crippen LogP contribution in [0.5, 0.6) is 0 Å². The maximum atomic E-state index is 11.7. The molecule has 0 amide bonds. The number of sulfone groups is 1. The molecular weight excluding hydrogens is 416 g/mol. The van der Waals surface area contributed by atoms with E-state index in [-0.39, 0.29) is 0 Å². The molecule has 1 fully saturated rings. The van der Waals surface area contributed by atoms with Gasteiger partial charge in [0.1, 0.15) is 5.82 Å². The van der Waals surface area contributed by atoms with Crippen LogP contribution in [-0.2, 0) is 16.3 Å². The molecule has 3 aromatic rings. The molecule has 6 nitrogen and oxygen atoms in total. The highest BCUT2D eigenvalue weighted by Gasteiger charge is 2.16. The van der Waals surface area contributed by atoms with Crippen LogP contribution in [0.2, 0.25) is 0 Å². The van der Waals surface area contributed by atoms with Crippen LogP contribution in [-0.4, -0.2) is 62.8 Å². The zero-order valence-corrected chi connectivity index (χ0v) is 19.1. The van der Waals surface area contributed by atoms with Crippen molar-refractivity contribution in [3.05, 3.63) is 58.9 Å². The van der Waals surface area contributed by atoms with E-state index in [1.54, 1.807) is 23.5 Å². The molecule has 0 aliphatic carbocycles. The highest BCUT2D eigenvalue weighted by Crippen LogP contribution is 2.31. The van der Waals surface area contributed by atoms with Crippen molar-refractivity contribution in [2.24, 2.45) is 0 Å². The lowest BCUT2D eigenvalue weighted by atomic mass is 10.1. The number of nitrogens with zero attached hydrogens (tertiary/aromatic N) is 4. The minimum atomic E-state index is -3.19. The average Bonchev–Trinajstić information content (AvgIpc) is 3.09. The first-order valence-corrected chi connectivity index (χ1v) is 12.7. The lowest BCUT2D eigenvalue weighted by molar-refractivity contribution is 0.312. The number of pyridine rings is 1. The second-order valence-electron chi connectivity index (χ2n) is 7.81. The van der Waals surface area contributed by atoms with Crippen molar-refractivity contribution in [3.8, 4) is 10.4 Å². The average molecular weight is 443 g/mol. The Kier molecular flexibility index (Phi) is 5.90. The predicted octanol–water partition coefficient (Wildman–Crippen LogP) is 3.26. The first-order valence-electron chi connectivity index (χ1n) is 9.95. The second kappa shape index (κ2) is 8.45. The third-order valence-corrected chi connectivity index (χ3v) is 7.71. The Bertz CT molecular complexity index is 1110. The summed E-state index contributed by atoms with van der Waals surface area (Å²) in [7, 11) is -1.04. The lowest BCUT2D eigenvalue weighted by Gasteiger charge is -2.33. The molecule has 0 atom stereocenters. The predicted molar refractivity (Wildman–Crippen MR) is 122 cm³/mol. The maximum Gasteiger partial charge on any atom is 0.175 e. The Labute approximate surface area is 182 Å². The van der Waals surface area contributed by atoms with Crippen LogP contribution in [0.1, 0.15) is 16.3 Å². The Morgan fingerprint density at radius 1 is 1.03 bits per heavy atom. The van der Waals surface area contributed by atoms with Crippen molar-refractivity contribution < 1.29 is 8.42 Å². The summed E-state index contributed by atoms with van der Waals surface area (Å²) in [5.41, 5.74) is 3.09. The second-order valence-corrected chi connectivity index (χ2v) is 10.9. The van der Waals surface area contributed by atoms with Gasteiger partial charge in [-0.2, -0.15) is 0 Å². The fourth-order valence-electron chi connectivity index (χ4n) is 3.57. The molecule has 1 aliphatic rings. The van der Waals surface area contributed by atoms with E-state index in [1.165, 1.54) is 6.26 Å². The number of hydrogen-bond donors (Lipinski definition) is 0. The fourth-order valence-corrected chi connectivity index (χ4v) is 5.30. The summed E-state index contributed by atoms with van der Waals surface area (Å²) in [5, 5.41) is 1.03. The molecule has 4 rings (SSSR count). The van der Waals surface area contributed by atoms with Crippen molar-refractivity contribution in [2.75, 3.05) is 44.4 Å². The standard InChI is InChI=1S/C22H26N4O2S2/c1-16-22(18-5-7-19(8-6-18)30(3,27)28)29-21(24-16)14-17-4-9-20(23-15-17)26-12-10-25(2)11-13-26/h4-9,15H,10-14H2,1-3H3. The van der Waals surface area contributed by atoms with Crippen LogP contribution in [0, 0.1) is 6.92 Å². The third kappa shape index (κ3) is 4.71. The van der Waals surface area contributed by atoms with Gasteiger partial charge in [-0.15, -0.1) is 11.3 Å². The Morgan fingerprint density at radius 2 is 1.73 bits per heavy atom. The molecular formula is C22H26N4O2S2. The van der Waals surface area contributed by atoms with E-state index < -0.39 is 9.84 Å².